The topological polar surface area (TPSA) is 78.8 Å². The molecule has 0 spiro atoms. The highest BCUT2D eigenvalue weighted by Crippen LogP contribution is 2.47. The number of aromatic nitrogens is 6. The minimum atomic E-state index is 0.849. The van der Waals surface area contributed by atoms with E-state index in [-0.39, 0.29) is 0 Å². The molecule has 14 rings (SSSR count). The SMILES string of the molecule is CCCCCCCCc1cc(-c2ccc3c(c2)c(-c2ccc(OC)cc2)c2c(CCCCC)c(CCCCC)c4cc5ccccc5nc4n23)nc(-c2cc(CCCCCCCC)cc(-c3ccc4c(c3)c(-c3ccc(OC)cc3)c3c(CCCCC)c(CCCCC)c5cc6ccccc6nc5n34)n2)c1. The second kappa shape index (κ2) is 34.9. The Morgan fingerprint density at radius 1 is 0.283 bits per heavy atom. The fraction of sp³-hybridized carbons (Fsp3) is 0.388. The van der Waals surface area contributed by atoms with Gasteiger partial charge in [-0.05, 0) is 219 Å². The van der Waals surface area contributed by atoms with E-state index < -0.39 is 0 Å². The molecule has 8 nitrogen and oxygen atoms in total. The van der Waals surface area contributed by atoms with Gasteiger partial charge in [0.25, 0.3) is 0 Å². The van der Waals surface area contributed by atoms with Crippen LogP contribution in [0.1, 0.15) is 229 Å². The lowest BCUT2D eigenvalue weighted by Gasteiger charge is -2.19. The van der Waals surface area contributed by atoms with E-state index >= 15 is 0 Å². The van der Waals surface area contributed by atoms with Crippen molar-refractivity contribution in [1.82, 2.24) is 28.7 Å². The van der Waals surface area contributed by atoms with Gasteiger partial charge in [0.05, 0.1) is 70.1 Å². The smallest absolute Gasteiger partial charge is 0.145 e. The van der Waals surface area contributed by atoms with Crippen molar-refractivity contribution >= 4 is 76.7 Å². The van der Waals surface area contributed by atoms with Gasteiger partial charge in [-0.15, -0.1) is 0 Å². The van der Waals surface area contributed by atoms with Gasteiger partial charge in [-0.3, -0.25) is 8.80 Å². The molecule has 0 atom stereocenters. The number of para-hydroxylation sites is 2. The van der Waals surface area contributed by atoms with Crippen molar-refractivity contribution in [2.24, 2.45) is 0 Å². The number of pyridine rings is 6. The Bertz CT molecular complexity index is 5030. The van der Waals surface area contributed by atoms with E-state index in [0.29, 0.717) is 0 Å². The van der Waals surface area contributed by atoms with Crippen LogP contribution in [-0.4, -0.2) is 43.0 Å². The fourth-order valence-electron chi connectivity index (χ4n) is 17.2. The first-order valence-corrected chi connectivity index (χ1v) is 41.2. The molecule has 106 heavy (non-hydrogen) atoms. The van der Waals surface area contributed by atoms with Crippen LogP contribution >= 0.6 is 0 Å². The van der Waals surface area contributed by atoms with E-state index in [1.54, 1.807) is 14.2 Å². The number of fused-ring (bicyclic) bond motifs is 12. The molecule has 8 aromatic heterocycles. The van der Waals surface area contributed by atoms with E-state index in [9.17, 15) is 0 Å². The Morgan fingerprint density at radius 2 is 0.613 bits per heavy atom. The van der Waals surface area contributed by atoms with Crippen LogP contribution in [-0.2, 0) is 38.5 Å². The van der Waals surface area contributed by atoms with Crippen LogP contribution in [0.2, 0.25) is 0 Å². The summed E-state index contributed by atoms with van der Waals surface area (Å²) in [5.41, 5.74) is 28.2. The quantitative estimate of drug-likeness (QED) is 0.0285. The summed E-state index contributed by atoms with van der Waals surface area (Å²) in [7, 11) is 3.53. The molecular weight excluding hydrogens is 1290 g/mol. The summed E-state index contributed by atoms with van der Waals surface area (Å²) in [6.45, 7) is 13.9. The molecule has 0 radical (unpaired) electrons. The third kappa shape index (κ3) is 15.6. The van der Waals surface area contributed by atoms with Crippen molar-refractivity contribution < 1.29 is 9.47 Å². The number of rotatable bonds is 37. The minimum Gasteiger partial charge on any atom is -0.497 e. The molecule has 0 amide bonds. The maximum atomic E-state index is 5.90. The lowest BCUT2D eigenvalue weighted by molar-refractivity contribution is 0.415. The number of benzene rings is 6. The van der Waals surface area contributed by atoms with Crippen LogP contribution in [0.4, 0.5) is 0 Å². The van der Waals surface area contributed by atoms with Crippen LogP contribution in [0.25, 0.3) is 133 Å². The summed E-state index contributed by atoms with van der Waals surface area (Å²) in [5, 5.41) is 7.32. The van der Waals surface area contributed by atoms with E-state index in [1.807, 2.05) is 0 Å². The van der Waals surface area contributed by atoms with Crippen molar-refractivity contribution in [2.45, 2.75) is 234 Å². The van der Waals surface area contributed by atoms with Gasteiger partial charge in [0.15, 0.2) is 0 Å². The van der Waals surface area contributed by atoms with Crippen LogP contribution < -0.4 is 9.47 Å². The summed E-state index contributed by atoms with van der Waals surface area (Å²) in [5.74, 6) is 1.70. The first-order chi connectivity index (χ1) is 52.3. The number of aryl methyl sites for hydroxylation is 6. The molecule has 0 aliphatic heterocycles. The predicted molar refractivity (Wildman–Crippen MR) is 452 cm³/mol. The van der Waals surface area contributed by atoms with Crippen molar-refractivity contribution in [2.75, 3.05) is 14.2 Å². The first kappa shape index (κ1) is 73.5. The average molecular weight is 1410 g/mol. The maximum absolute atomic E-state index is 5.90. The summed E-state index contributed by atoms with van der Waals surface area (Å²) >= 11 is 0. The van der Waals surface area contributed by atoms with Crippen molar-refractivity contribution in [1.29, 1.82) is 0 Å². The Kier molecular flexibility index (Phi) is 24.2. The Morgan fingerprint density at radius 3 is 1.00 bits per heavy atom. The molecule has 0 N–H and O–H groups in total. The molecule has 0 saturated carbocycles. The second-order valence-corrected chi connectivity index (χ2v) is 30.4. The van der Waals surface area contributed by atoms with Crippen molar-refractivity contribution in [3.8, 4) is 67.7 Å². The zero-order valence-corrected chi connectivity index (χ0v) is 64.9. The van der Waals surface area contributed by atoms with Gasteiger partial charge in [0.1, 0.15) is 22.8 Å². The molecule has 0 aliphatic carbocycles. The highest BCUT2D eigenvalue weighted by Gasteiger charge is 2.28. The molecule has 0 unspecified atom stereocenters. The monoisotopic (exact) mass is 1400 g/mol. The Balaban J connectivity index is 0.995. The molecule has 546 valence electrons. The molecule has 0 aliphatic rings. The summed E-state index contributed by atoms with van der Waals surface area (Å²) in [6, 6.07) is 64.0. The number of methoxy groups -OCH3 is 2. The molecular formula is C98H112N6O2. The third-order valence-electron chi connectivity index (χ3n) is 22.9. The standard InChI is InChI=1S/C98H112N6O2/c1-9-15-21-23-25-31-37-67-59-87(73-51-57-91-83(65-73)93(69-47-53-75(105-7)54-48-69)95-79(43-29-19-13-5)77(41-27-17-11-3)81-63-71-39-33-35-45-85(71)101-97(81)103(91)95)99-89(61-67)90-62-68(38-32-26-24-22-16-10-2)60-88(100-90)74-52-58-92-84(66-74)94(70-49-55-76(106-8)56-50-70)96-80(44-30-20-14-6)78(42-28-18-12-4)82-64-72-40-34-36-46-86(72)102-98(82)104(92)96/h33-36,39-40,45-66H,9-32,37-38,41-44H2,1-8H3. The predicted octanol–water partition coefficient (Wildman–Crippen LogP) is 27.8. The normalized spacial score (nSPS) is 12.0. The van der Waals surface area contributed by atoms with E-state index in [0.717, 1.165) is 169 Å². The fourth-order valence-corrected chi connectivity index (χ4v) is 17.2. The number of ether oxygens (including phenoxy) is 2. The minimum absolute atomic E-state index is 0.849. The number of nitrogens with zero attached hydrogens (tertiary/aromatic N) is 6. The number of hydrogen-bond acceptors (Lipinski definition) is 6. The van der Waals surface area contributed by atoms with Gasteiger partial charge in [-0.2, -0.15) is 0 Å². The third-order valence-corrected chi connectivity index (χ3v) is 22.9. The van der Waals surface area contributed by atoms with Gasteiger partial charge in [0.2, 0.25) is 0 Å². The molecule has 14 aromatic rings. The molecule has 8 heterocycles. The first-order valence-electron chi connectivity index (χ1n) is 41.2. The van der Waals surface area contributed by atoms with Crippen molar-refractivity contribution in [3.05, 3.63) is 203 Å². The Labute approximate surface area is 630 Å². The Hall–Kier alpha value is -9.40. The van der Waals surface area contributed by atoms with Crippen LogP contribution in [0.3, 0.4) is 0 Å². The van der Waals surface area contributed by atoms with Crippen LogP contribution in [0, 0.1) is 0 Å². The highest BCUT2D eigenvalue weighted by molar-refractivity contribution is 6.14. The highest BCUT2D eigenvalue weighted by atomic mass is 16.5. The van der Waals surface area contributed by atoms with Gasteiger partial charge >= 0.3 is 0 Å². The molecule has 0 fully saturated rings. The van der Waals surface area contributed by atoms with Crippen LogP contribution in [0.5, 0.6) is 11.5 Å². The van der Waals surface area contributed by atoms with Gasteiger partial charge in [-0.25, -0.2) is 19.9 Å². The summed E-state index contributed by atoms with van der Waals surface area (Å²) in [4.78, 5) is 23.2. The van der Waals surface area contributed by atoms with E-state index in [4.69, 9.17) is 29.4 Å². The average Bonchev–Trinajstić information content (AvgIpc) is 1.50. The van der Waals surface area contributed by atoms with E-state index in [1.165, 1.54) is 202 Å². The zero-order chi connectivity index (χ0) is 72.9. The summed E-state index contributed by atoms with van der Waals surface area (Å²) in [6.07, 6.45) is 34.6. The number of unbranched alkanes of at least 4 members (excludes halogenated alkanes) is 18. The summed E-state index contributed by atoms with van der Waals surface area (Å²) < 4.78 is 16.8. The molecule has 6 aromatic carbocycles. The lowest BCUT2D eigenvalue weighted by Crippen LogP contribution is -2.05. The van der Waals surface area contributed by atoms with Gasteiger partial charge in [-0.1, -0.05) is 230 Å². The largest absolute Gasteiger partial charge is 0.497 e. The molecule has 0 bridgehead atoms. The molecule has 0 saturated heterocycles. The number of hydrogen-bond donors (Lipinski definition) is 0. The van der Waals surface area contributed by atoms with E-state index in [2.05, 4.69) is 220 Å². The van der Waals surface area contributed by atoms with Gasteiger partial charge < -0.3 is 9.47 Å². The lowest BCUT2D eigenvalue weighted by atomic mass is 9.91. The maximum Gasteiger partial charge on any atom is 0.145 e. The zero-order valence-electron chi connectivity index (χ0n) is 64.9. The van der Waals surface area contributed by atoms with Gasteiger partial charge in [0, 0.05) is 54.6 Å². The van der Waals surface area contributed by atoms with Crippen LogP contribution in [0.15, 0.2) is 170 Å². The second-order valence-electron chi connectivity index (χ2n) is 30.4. The molecule has 8 heteroatoms. The van der Waals surface area contributed by atoms with Crippen molar-refractivity contribution in [3.63, 3.8) is 0 Å².